The standard InChI is InChI=1S/C21H19N5O/c27-21(22-12-11-18-23-16-7-3-4-8-17(16)24-18)20-15-10-9-13-5-1-2-6-14(13)19(15)25-26-20/h1-8H,9-12H2,(H,22,27)(H,23,24)(H,25,26). The largest absolute Gasteiger partial charge is 0.350 e. The number of hydrogen-bond acceptors (Lipinski definition) is 3. The number of aromatic amines is 2. The van der Waals surface area contributed by atoms with Gasteiger partial charge in [-0.05, 0) is 30.5 Å². The van der Waals surface area contributed by atoms with E-state index in [1.54, 1.807) is 0 Å². The zero-order valence-electron chi connectivity index (χ0n) is 14.7. The predicted octanol–water partition coefficient (Wildman–Crippen LogP) is 3.02. The van der Waals surface area contributed by atoms with E-state index in [0.717, 1.165) is 46.5 Å². The van der Waals surface area contributed by atoms with Gasteiger partial charge >= 0.3 is 0 Å². The van der Waals surface area contributed by atoms with E-state index in [1.165, 1.54) is 5.56 Å². The molecule has 3 N–H and O–H groups in total. The number of benzene rings is 2. The molecule has 6 nitrogen and oxygen atoms in total. The Morgan fingerprint density at radius 3 is 2.85 bits per heavy atom. The Morgan fingerprint density at radius 1 is 1.07 bits per heavy atom. The molecule has 0 aliphatic heterocycles. The normalized spacial score (nSPS) is 12.6. The summed E-state index contributed by atoms with van der Waals surface area (Å²) in [6, 6.07) is 16.2. The third-order valence-electron chi connectivity index (χ3n) is 5.10. The topological polar surface area (TPSA) is 86.5 Å². The second kappa shape index (κ2) is 6.39. The van der Waals surface area contributed by atoms with Crippen molar-refractivity contribution in [2.45, 2.75) is 19.3 Å². The number of amides is 1. The number of hydrogen-bond donors (Lipinski definition) is 3. The number of H-pyrrole nitrogens is 2. The monoisotopic (exact) mass is 357 g/mol. The maximum atomic E-state index is 12.6. The van der Waals surface area contributed by atoms with Crippen molar-refractivity contribution in [2.24, 2.45) is 0 Å². The number of aromatic nitrogens is 4. The van der Waals surface area contributed by atoms with Crippen LogP contribution in [-0.2, 0) is 19.3 Å². The molecule has 1 aliphatic rings. The maximum Gasteiger partial charge on any atom is 0.269 e. The molecular formula is C21H19N5O. The Bertz CT molecular complexity index is 1110. The number of aryl methyl sites for hydroxylation is 1. The van der Waals surface area contributed by atoms with Crippen LogP contribution >= 0.6 is 0 Å². The number of nitrogens with zero attached hydrogens (tertiary/aromatic N) is 2. The lowest BCUT2D eigenvalue weighted by Crippen LogP contribution is -2.27. The van der Waals surface area contributed by atoms with Crippen molar-refractivity contribution in [1.29, 1.82) is 0 Å². The van der Waals surface area contributed by atoms with Crippen molar-refractivity contribution >= 4 is 16.9 Å². The van der Waals surface area contributed by atoms with Crippen LogP contribution in [0.1, 0.15) is 27.4 Å². The van der Waals surface area contributed by atoms with E-state index in [1.807, 2.05) is 36.4 Å². The first-order chi connectivity index (χ1) is 13.3. The molecule has 0 unspecified atom stereocenters. The molecule has 0 saturated heterocycles. The van der Waals surface area contributed by atoms with Gasteiger partial charge in [-0.15, -0.1) is 0 Å². The summed E-state index contributed by atoms with van der Waals surface area (Å²) < 4.78 is 0. The van der Waals surface area contributed by atoms with Gasteiger partial charge in [0.25, 0.3) is 5.91 Å². The summed E-state index contributed by atoms with van der Waals surface area (Å²) in [4.78, 5) is 20.5. The highest BCUT2D eigenvalue weighted by molar-refractivity contribution is 5.96. The van der Waals surface area contributed by atoms with Crippen molar-refractivity contribution in [1.82, 2.24) is 25.5 Å². The Balaban J connectivity index is 1.29. The first-order valence-electron chi connectivity index (χ1n) is 9.17. The minimum atomic E-state index is -0.112. The molecule has 0 saturated carbocycles. The van der Waals surface area contributed by atoms with Crippen molar-refractivity contribution in [2.75, 3.05) is 6.54 Å². The highest BCUT2D eigenvalue weighted by Gasteiger charge is 2.24. The lowest BCUT2D eigenvalue weighted by Gasteiger charge is -2.15. The summed E-state index contributed by atoms with van der Waals surface area (Å²) in [5.74, 6) is 0.760. The summed E-state index contributed by atoms with van der Waals surface area (Å²) >= 11 is 0. The molecule has 0 fully saturated rings. The van der Waals surface area contributed by atoms with Gasteiger partial charge in [-0.25, -0.2) is 4.98 Å². The van der Waals surface area contributed by atoms with Crippen LogP contribution < -0.4 is 5.32 Å². The lowest BCUT2D eigenvalue weighted by atomic mass is 9.89. The molecule has 2 aromatic carbocycles. The fourth-order valence-corrected chi connectivity index (χ4v) is 3.76. The number of carbonyl (C=O) groups is 1. The zero-order valence-corrected chi connectivity index (χ0v) is 14.7. The minimum absolute atomic E-state index is 0.112. The van der Waals surface area contributed by atoms with E-state index in [9.17, 15) is 4.79 Å². The van der Waals surface area contributed by atoms with Gasteiger partial charge in [0.15, 0.2) is 0 Å². The fraction of sp³-hybridized carbons (Fsp3) is 0.190. The Morgan fingerprint density at radius 2 is 1.93 bits per heavy atom. The summed E-state index contributed by atoms with van der Waals surface area (Å²) in [6.07, 6.45) is 2.41. The van der Waals surface area contributed by atoms with Crippen LogP contribution in [0.3, 0.4) is 0 Å². The molecular weight excluding hydrogens is 338 g/mol. The Kier molecular flexibility index (Phi) is 3.74. The number of rotatable bonds is 4. The average Bonchev–Trinajstić information content (AvgIpc) is 3.31. The van der Waals surface area contributed by atoms with Gasteiger partial charge in [-0.2, -0.15) is 5.10 Å². The van der Waals surface area contributed by atoms with Crippen LogP contribution in [0.25, 0.3) is 22.3 Å². The van der Waals surface area contributed by atoms with Crippen molar-refractivity contribution < 1.29 is 4.79 Å². The van der Waals surface area contributed by atoms with Gasteiger partial charge in [0, 0.05) is 24.1 Å². The lowest BCUT2D eigenvalue weighted by molar-refractivity contribution is 0.0948. The van der Waals surface area contributed by atoms with Crippen molar-refractivity contribution in [3.05, 3.63) is 71.2 Å². The molecule has 0 atom stereocenters. The Labute approximate surface area is 156 Å². The zero-order chi connectivity index (χ0) is 18.2. The van der Waals surface area contributed by atoms with E-state index < -0.39 is 0 Å². The molecule has 0 radical (unpaired) electrons. The van der Waals surface area contributed by atoms with Gasteiger partial charge in [0.2, 0.25) is 0 Å². The number of carbonyl (C=O) groups excluding carboxylic acids is 1. The second-order valence-electron chi connectivity index (χ2n) is 6.79. The van der Waals surface area contributed by atoms with Gasteiger partial charge in [0.05, 0.1) is 16.7 Å². The van der Waals surface area contributed by atoms with Gasteiger partial charge in [-0.3, -0.25) is 9.89 Å². The first-order valence-corrected chi connectivity index (χ1v) is 9.17. The van der Waals surface area contributed by atoms with E-state index in [-0.39, 0.29) is 5.91 Å². The molecule has 27 heavy (non-hydrogen) atoms. The van der Waals surface area contributed by atoms with E-state index in [4.69, 9.17) is 0 Å². The van der Waals surface area contributed by atoms with Gasteiger partial charge < -0.3 is 10.3 Å². The molecule has 134 valence electrons. The van der Waals surface area contributed by atoms with Crippen molar-refractivity contribution in [3.8, 4) is 11.3 Å². The summed E-state index contributed by atoms with van der Waals surface area (Å²) in [7, 11) is 0. The van der Waals surface area contributed by atoms with Crippen molar-refractivity contribution in [3.63, 3.8) is 0 Å². The van der Waals surface area contributed by atoms with E-state index in [2.05, 4.69) is 37.6 Å². The molecule has 6 heteroatoms. The van der Waals surface area contributed by atoms with E-state index in [0.29, 0.717) is 18.7 Å². The second-order valence-corrected chi connectivity index (χ2v) is 6.79. The van der Waals surface area contributed by atoms with Crippen LogP contribution in [0, 0.1) is 0 Å². The van der Waals surface area contributed by atoms with E-state index >= 15 is 0 Å². The number of para-hydroxylation sites is 2. The third-order valence-corrected chi connectivity index (χ3v) is 5.10. The molecule has 1 amide bonds. The number of nitrogens with one attached hydrogen (secondary N) is 3. The SMILES string of the molecule is O=C(NCCc1nc2ccccc2[nH]1)c1[nH]nc2c1CCc1ccccc1-2. The third kappa shape index (κ3) is 2.79. The molecule has 0 bridgehead atoms. The molecule has 0 spiro atoms. The fourth-order valence-electron chi connectivity index (χ4n) is 3.76. The molecule has 5 rings (SSSR count). The maximum absolute atomic E-state index is 12.6. The van der Waals surface area contributed by atoms with Gasteiger partial charge in [-0.1, -0.05) is 36.4 Å². The summed E-state index contributed by atoms with van der Waals surface area (Å²) in [5.41, 5.74) is 6.85. The van der Waals surface area contributed by atoms with Crippen LogP contribution in [0.2, 0.25) is 0 Å². The highest BCUT2D eigenvalue weighted by atomic mass is 16.1. The Hall–Kier alpha value is -3.41. The predicted molar refractivity (Wildman–Crippen MR) is 104 cm³/mol. The quantitative estimate of drug-likeness (QED) is 0.525. The molecule has 2 heterocycles. The number of fused-ring (bicyclic) bond motifs is 4. The summed E-state index contributed by atoms with van der Waals surface area (Å²) in [5, 5.41) is 10.3. The average molecular weight is 357 g/mol. The van der Waals surface area contributed by atoms with Crippen LogP contribution in [0.4, 0.5) is 0 Å². The van der Waals surface area contributed by atoms with Crippen LogP contribution in [-0.4, -0.2) is 32.6 Å². The van der Waals surface area contributed by atoms with Gasteiger partial charge in [0.1, 0.15) is 11.5 Å². The highest BCUT2D eigenvalue weighted by Crippen LogP contribution is 2.33. The van der Waals surface area contributed by atoms with Crippen LogP contribution in [0.15, 0.2) is 48.5 Å². The molecule has 4 aromatic rings. The number of imidazole rings is 1. The molecule has 1 aliphatic carbocycles. The first kappa shape index (κ1) is 15.8. The minimum Gasteiger partial charge on any atom is -0.350 e. The summed E-state index contributed by atoms with van der Waals surface area (Å²) in [6.45, 7) is 0.517. The smallest absolute Gasteiger partial charge is 0.269 e. The molecule has 2 aromatic heterocycles. The van der Waals surface area contributed by atoms with Crippen LogP contribution in [0.5, 0.6) is 0 Å².